The van der Waals surface area contributed by atoms with Crippen LogP contribution < -0.4 is 0 Å². The van der Waals surface area contributed by atoms with Gasteiger partial charge in [-0.25, -0.2) is 0 Å². The molecule has 2 aliphatic carbocycles. The smallest absolute Gasteiger partial charge is 0.311 e. The molecule has 0 amide bonds. The Morgan fingerprint density at radius 2 is 1.31 bits per heavy atom. The minimum absolute atomic E-state index is 0.00333. The highest BCUT2D eigenvalue weighted by Gasteiger charge is 2.59. The van der Waals surface area contributed by atoms with Gasteiger partial charge in [-0.3, -0.25) is 9.59 Å². The molecule has 16 heavy (non-hydrogen) atoms. The molecule has 86 valence electrons. The van der Waals surface area contributed by atoms with Gasteiger partial charge in [0.25, 0.3) is 0 Å². The van der Waals surface area contributed by atoms with E-state index in [2.05, 4.69) is 0 Å². The average molecular weight is 220 g/mol. The molecule has 0 unspecified atom stereocenters. The summed E-state index contributed by atoms with van der Waals surface area (Å²) in [4.78, 5) is 23.5. The molecular weight excluding hydrogens is 204 g/mol. The van der Waals surface area contributed by atoms with Gasteiger partial charge in [-0.15, -0.1) is 0 Å². The fourth-order valence-corrected chi connectivity index (χ4v) is 3.09. The zero-order valence-corrected chi connectivity index (χ0v) is 9.40. The molecule has 0 saturated heterocycles. The summed E-state index contributed by atoms with van der Waals surface area (Å²) in [5.41, 5.74) is -1.63. The maximum Gasteiger partial charge on any atom is 0.311 e. The van der Waals surface area contributed by atoms with E-state index < -0.39 is 16.8 Å². The number of carboxylic acids is 1. The van der Waals surface area contributed by atoms with Crippen LogP contribution in [0.15, 0.2) is 24.3 Å². The van der Waals surface area contributed by atoms with Crippen molar-refractivity contribution in [2.24, 2.45) is 10.8 Å². The predicted molar refractivity (Wildman–Crippen MR) is 59.9 cm³/mol. The number of hydrogen-bond acceptors (Lipinski definition) is 2. The van der Waals surface area contributed by atoms with Crippen LogP contribution in [0.25, 0.3) is 0 Å². The molecule has 2 aliphatic rings. The summed E-state index contributed by atoms with van der Waals surface area (Å²) >= 11 is 0. The number of rotatable bonds is 2. The van der Waals surface area contributed by atoms with Crippen molar-refractivity contribution in [3.63, 3.8) is 0 Å². The topological polar surface area (TPSA) is 54.4 Å². The van der Waals surface area contributed by atoms with Crippen LogP contribution in [0.4, 0.5) is 0 Å². The van der Waals surface area contributed by atoms with Crippen LogP contribution in [0, 0.1) is 10.8 Å². The molecule has 0 spiro atoms. The molecule has 1 N–H and O–H groups in total. The lowest BCUT2D eigenvalue weighted by atomic mass is 9.51. The highest BCUT2D eigenvalue weighted by Crippen LogP contribution is 2.56. The Balaban J connectivity index is 2.58. The van der Waals surface area contributed by atoms with E-state index in [0.717, 1.165) is 0 Å². The van der Waals surface area contributed by atoms with Crippen LogP contribution in [0.3, 0.4) is 0 Å². The second-order valence-corrected chi connectivity index (χ2v) is 4.78. The van der Waals surface area contributed by atoms with Gasteiger partial charge in [0, 0.05) is 0 Å². The first-order chi connectivity index (χ1) is 7.55. The molecule has 3 nitrogen and oxygen atoms in total. The number of Topliss-reactive ketones (excluding diaryl/α,β-unsaturated/α-hetero) is 1. The Bertz CT molecular complexity index is 336. The van der Waals surface area contributed by atoms with Crippen molar-refractivity contribution in [3.05, 3.63) is 24.3 Å². The quantitative estimate of drug-likeness (QED) is 0.727. The van der Waals surface area contributed by atoms with Gasteiger partial charge < -0.3 is 5.11 Å². The minimum atomic E-state index is -0.914. The summed E-state index contributed by atoms with van der Waals surface area (Å²) in [6.07, 6.45) is 9.73. The monoisotopic (exact) mass is 220 g/mol. The SMILES string of the molecule is CC(=O)C12CC=CCC1(C(=O)O)CC=CC2. The lowest BCUT2D eigenvalue weighted by molar-refractivity contribution is -0.165. The predicted octanol–water partition coefficient (Wildman–Crippen LogP) is 2.33. The zero-order valence-electron chi connectivity index (χ0n) is 9.40. The molecule has 2 rings (SSSR count). The van der Waals surface area contributed by atoms with E-state index >= 15 is 0 Å². The Morgan fingerprint density at radius 1 is 0.938 bits per heavy atom. The van der Waals surface area contributed by atoms with Crippen molar-refractivity contribution in [1.29, 1.82) is 0 Å². The van der Waals surface area contributed by atoms with Gasteiger partial charge in [0.15, 0.2) is 0 Å². The van der Waals surface area contributed by atoms with Crippen molar-refractivity contribution >= 4 is 11.8 Å². The number of aliphatic carboxylic acids is 1. The lowest BCUT2D eigenvalue weighted by Crippen LogP contribution is -2.53. The fourth-order valence-electron chi connectivity index (χ4n) is 3.09. The third kappa shape index (κ3) is 1.20. The first kappa shape index (κ1) is 11.1. The van der Waals surface area contributed by atoms with Crippen LogP contribution in [0.1, 0.15) is 32.6 Å². The molecule has 0 atom stereocenters. The van der Waals surface area contributed by atoms with E-state index in [-0.39, 0.29) is 5.78 Å². The number of ketones is 1. The third-order valence-electron chi connectivity index (χ3n) is 4.20. The Hall–Kier alpha value is -1.38. The average Bonchev–Trinajstić information content (AvgIpc) is 2.28. The number of carbonyl (C=O) groups is 2. The fraction of sp³-hybridized carbons (Fsp3) is 0.538. The Morgan fingerprint density at radius 3 is 1.56 bits per heavy atom. The summed E-state index contributed by atoms with van der Waals surface area (Å²) in [5.74, 6) is -0.833. The van der Waals surface area contributed by atoms with Crippen molar-refractivity contribution in [2.75, 3.05) is 0 Å². The number of carbonyl (C=O) groups excluding carboxylic acids is 1. The molecule has 0 aliphatic heterocycles. The molecule has 3 heteroatoms. The lowest BCUT2D eigenvalue weighted by Gasteiger charge is -2.49. The minimum Gasteiger partial charge on any atom is -0.481 e. The van der Waals surface area contributed by atoms with Gasteiger partial charge in [0.2, 0.25) is 0 Å². The highest BCUT2D eigenvalue weighted by molar-refractivity contribution is 5.92. The van der Waals surface area contributed by atoms with E-state index in [0.29, 0.717) is 25.7 Å². The normalized spacial score (nSPS) is 36.8. The van der Waals surface area contributed by atoms with Crippen molar-refractivity contribution < 1.29 is 14.7 Å². The Kier molecular flexibility index (Phi) is 2.49. The second-order valence-electron chi connectivity index (χ2n) is 4.78. The zero-order chi connectivity index (χ0) is 11.8. The Labute approximate surface area is 94.8 Å². The summed E-state index contributed by atoms with van der Waals surface area (Å²) in [5, 5.41) is 9.52. The number of carboxylic acid groups (broad SMARTS) is 1. The molecule has 0 saturated carbocycles. The second kappa shape index (κ2) is 3.58. The van der Waals surface area contributed by atoms with Crippen LogP contribution in [-0.4, -0.2) is 16.9 Å². The first-order valence-corrected chi connectivity index (χ1v) is 5.60. The molecule has 0 radical (unpaired) electrons. The highest BCUT2D eigenvalue weighted by atomic mass is 16.4. The van der Waals surface area contributed by atoms with Crippen LogP contribution in [-0.2, 0) is 9.59 Å². The molecular formula is C13H16O3. The van der Waals surface area contributed by atoms with Crippen LogP contribution in [0.5, 0.6) is 0 Å². The molecule has 0 aromatic rings. The van der Waals surface area contributed by atoms with Gasteiger partial charge in [0.05, 0.1) is 10.8 Å². The van der Waals surface area contributed by atoms with Gasteiger partial charge in [-0.05, 0) is 32.6 Å². The first-order valence-electron chi connectivity index (χ1n) is 5.60. The van der Waals surface area contributed by atoms with E-state index in [4.69, 9.17) is 0 Å². The summed E-state index contributed by atoms with van der Waals surface area (Å²) in [7, 11) is 0. The molecule has 0 fully saturated rings. The van der Waals surface area contributed by atoms with Crippen LogP contribution in [0.2, 0.25) is 0 Å². The summed E-state index contributed by atoms with van der Waals surface area (Å²) < 4.78 is 0. The van der Waals surface area contributed by atoms with E-state index in [1.165, 1.54) is 6.92 Å². The van der Waals surface area contributed by atoms with E-state index in [1.807, 2.05) is 24.3 Å². The maximum atomic E-state index is 11.9. The maximum absolute atomic E-state index is 11.9. The largest absolute Gasteiger partial charge is 0.481 e. The van der Waals surface area contributed by atoms with Crippen LogP contribution >= 0.6 is 0 Å². The van der Waals surface area contributed by atoms with Crippen molar-refractivity contribution in [1.82, 2.24) is 0 Å². The molecule has 0 aromatic heterocycles. The van der Waals surface area contributed by atoms with Gasteiger partial charge in [0.1, 0.15) is 5.78 Å². The van der Waals surface area contributed by atoms with Crippen molar-refractivity contribution in [3.8, 4) is 0 Å². The van der Waals surface area contributed by atoms with Gasteiger partial charge >= 0.3 is 5.97 Å². The number of allylic oxidation sites excluding steroid dienone is 4. The molecule has 0 aromatic carbocycles. The molecule has 0 bridgehead atoms. The standard InChI is InChI=1S/C13H16O3/c1-10(14)12-6-2-4-8-13(12,11(15)16)9-5-3-7-12/h2-5H,6-9H2,1H3,(H,15,16). The molecule has 0 heterocycles. The summed E-state index contributed by atoms with van der Waals surface area (Å²) in [6.45, 7) is 1.52. The summed E-state index contributed by atoms with van der Waals surface area (Å²) in [6, 6.07) is 0. The third-order valence-corrected chi connectivity index (χ3v) is 4.20. The van der Waals surface area contributed by atoms with E-state index in [1.54, 1.807) is 0 Å². The van der Waals surface area contributed by atoms with Crippen molar-refractivity contribution in [2.45, 2.75) is 32.6 Å². The number of fused-ring (bicyclic) bond motifs is 1. The van der Waals surface area contributed by atoms with Gasteiger partial charge in [-0.1, -0.05) is 24.3 Å². The van der Waals surface area contributed by atoms with E-state index in [9.17, 15) is 14.7 Å². The number of hydrogen-bond donors (Lipinski definition) is 1. The van der Waals surface area contributed by atoms with Gasteiger partial charge in [-0.2, -0.15) is 0 Å².